The van der Waals surface area contributed by atoms with Crippen LogP contribution in [-0.4, -0.2) is 16.2 Å². The predicted octanol–water partition coefficient (Wildman–Crippen LogP) is 3.11. The summed E-state index contributed by atoms with van der Waals surface area (Å²) in [6.45, 7) is 0.0878. The molecule has 0 spiro atoms. The molecular formula is C15H13ClO4. The highest BCUT2D eigenvalue weighted by Crippen LogP contribution is 2.29. The van der Waals surface area contributed by atoms with E-state index < -0.39 is 5.97 Å². The Labute approximate surface area is 121 Å². The van der Waals surface area contributed by atoms with Crippen LogP contribution in [0.1, 0.15) is 21.5 Å². The molecule has 2 aromatic carbocycles. The van der Waals surface area contributed by atoms with Crippen LogP contribution in [0.3, 0.4) is 0 Å². The number of aliphatic hydroxyl groups is 1. The zero-order valence-electron chi connectivity index (χ0n) is 10.5. The number of hydrogen-bond acceptors (Lipinski definition) is 3. The van der Waals surface area contributed by atoms with Crippen LogP contribution in [0.15, 0.2) is 42.5 Å². The first-order valence-corrected chi connectivity index (χ1v) is 6.33. The van der Waals surface area contributed by atoms with Gasteiger partial charge in [0.05, 0.1) is 17.2 Å². The first-order chi connectivity index (χ1) is 9.61. The van der Waals surface area contributed by atoms with Crippen molar-refractivity contribution in [1.82, 2.24) is 0 Å². The Hall–Kier alpha value is -2.04. The topological polar surface area (TPSA) is 66.8 Å². The van der Waals surface area contributed by atoms with Crippen molar-refractivity contribution in [2.75, 3.05) is 0 Å². The van der Waals surface area contributed by atoms with Gasteiger partial charge in [0.2, 0.25) is 0 Å². The molecule has 0 radical (unpaired) electrons. The summed E-state index contributed by atoms with van der Waals surface area (Å²) < 4.78 is 5.61. The summed E-state index contributed by atoms with van der Waals surface area (Å²) in [6.07, 6.45) is 0. The molecule has 0 unspecified atom stereocenters. The van der Waals surface area contributed by atoms with Crippen molar-refractivity contribution in [3.63, 3.8) is 0 Å². The Morgan fingerprint density at radius 1 is 1.15 bits per heavy atom. The second-order valence-corrected chi connectivity index (χ2v) is 4.58. The zero-order chi connectivity index (χ0) is 14.5. The fourth-order valence-electron chi connectivity index (χ4n) is 1.74. The molecular weight excluding hydrogens is 280 g/mol. The van der Waals surface area contributed by atoms with E-state index in [2.05, 4.69) is 0 Å². The van der Waals surface area contributed by atoms with Crippen molar-refractivity contribution >= 4 is 17.6 Å². The lowest BCUT2D eigenvalue weighted by molar-refractivity contribution is 0.0697. The van der Waals surface area contributed by atoms with E-state index in [0.29, 0.717) is 16.3 Å². The normalized spacial score (nSPS) is 10.3. The summed E-state index contributed by atoms with van der Waals surface area (Å²) in [7, 11) is 0. The molecule has 0 saturated carbocycles. The van der Waals surface area contributed by atoms with Gasteiger partial charge in [0, 0.05) is 5.56 Å². The molecule has 0 saturated heterocycles. The highest BCUT2D eigenvalue weighted by Gasteiger charge is 2.08. The fraction of sp³-hybridized carbons (Fsp3) is 0.133. The lowest BCUT2D eigenvalue weighted by atomic mass is 10.1. The van der Waals surface area contributed by atoms with Gasteiger partial charge in [0.15, 0.2) is 0 Å². The Balaban J connectivity index is 2.11. The summed E-state index contributed by atoms with van der Waals surface area (Å²) in [6, 6.07) is 11.5. The van der Waals surface area contributed by atoms with Gasteiger partial charge in [-0.3, -0.25) is 0 Å². The maximum absolute atomic E-state index is 10.7. The minimum Gasteiger partial charge on any atom is -0.487 e. The number of aliphatic hydroxyl groups excluding tert-OH is 1. The van der Waals surface area contributed by atoms with Crippen molar-refractivity contribution in [2.45, 2.75) is 13.2 Å². The van der Waals surface area contributed by atoms with Crippen LogP contribution < -0.4 is 4.74 Å². The molecule has 0 aromatic heterocycles. The molecule has 0 bridgehead atoms. The molecule has 0 aliphatic rings. The van der Waals surface area contributed by atoms with Crippen LogP contribution in [0.2, 0.25) is 5.02 Å². The number of hydrogen-bond donors (Lipinski definition) is 2. The van der Waals surface area contributed by atoms with Gasteiger partial charge in [-0.15, -0.1) is 0 Å². The largest absolute Gasteiger partial charge is 0.487 e. The van der Waals surface area contributed by atoms with Crippen molar-refractivity contribution in [3.05, 3.63) is 64.2 Å². The molecule has 0 fully saturated rings. The SMILES string of the molecule is O=C(O)c1ccc(COc2c(Cl)cccc2CO)cc1. The minimum absolute atomic E-state index is 0.159. The van der Waals surface area contributed by atoms with Crippen molar-refractivity contribution in [2.24, 2.45) is 0 Å². The van der Waals surface area contributed by atoms with E-state index in [9.17, 15) is 9.90 Å². The number of carboxylic acid groups (broad SMARTS) is 1. The first kappa shape index (κ1) is 14.4. The average molecular weight is 293 g/mol. The number of carboxylic acids is 1. The number of para-hydroxylation sites is 1. The van der Waals surface area contributed by atoms with E-state index in [1.807, 2.05) is 0 Å². The lowest BCUT2D eigenvalue weighted by Crippen LogP contribution is -2.01. The Bertz CT molecular complexity index is 608. The van der Waals surface area contributed by atoms with Gasteiger partial charge in [0.25, 0.3) is 0 Å². The van der Waals surface area contributed by atoms with Gasteiger partial charge in [-0.25, -0.2) is 4.79 Å². The maximum Gasteiger partial charge on any atom is 0.335 e. The molecule has 2 N–H and O–H groups in total. The van der Waals surface area contributed by atoms with Gasteiger partial charge in [-0.05, 0) is 23.8 Å². The fourth-order valence-corrected chi connectivity index (χ4v) is 1.99. The number of benzene rings is 2. The third-order valence-electron chi connectivity index (χ3n) is 2.80. The van der Waals surface area contributed by atoms with Crippen LogP contribution in [0.4, 0.5) is 0 Å². The molecule has 0 heterocycles. The van der Waals surface area contributed by atoms with Gasteiger partial charge >= 0.3 is 5.97 Å². The summed E-state index contributed by atoms with van der Waals surface area (Å²) in [5, 5.41) is 18.5. The summed E-state index contributed by atoms with van der Waals surface area (Å²) in [5.74, 6) is -0.523. The van der Waals surface area contributed by atoms with E-state index in [1.165, 1.54) is 12.1 Å². The summed E-state index contributed by atoms with van der Waals surface area (Å²) >= 11 is 6.03. The number of halogens is 1. The monoisotopic (exact) mass is 292 g/mol. The van der Waals surface area contributed by atoms with Gasteiger partial charge in [0.1, 0.15) is 12.4 Å². The lowest BCUT2D eigenvalue weighted by Gasteiger charge is -2.12. The van der Waals surface area contributed by atoms with E-state index in [1.54, 1.807) is 30.3 Å². The molecule has 104 valence electrons. The molecule has 0 aliphatic heterocycles. The predicted molar refractivity (Wildman–Crippen MR) is 75.1 cm³/mol. The Morgan fingerprint density at radius 3 is 2.45 bits per heavy atom. The van der Waals surface area contributed by atoms with Gasteiger partial charge in [-0.1, -0.05) is 35.9 Å². The molecule has 2 rings (SSSR count). The molecule has 0 atom stereocenters. The highest BCUT2D eigenvalue weighted by molar-refractivity contribution is 6.32. The number of rotatable bonds is 5. The van der Waals surface area contributed by atoms with Crippen molar-refractivity contribution in [1.29, 1.82) is 0 Å². The Kier molecular flexibility index (Phi) is 4.61. The quantitative estimate of drug-likeness (QED) is 0.888. The second kappa shape index (κ2) is 6.41. The second-order valence-electron chi connectivity index (χ2n) is 4.18. The molecule has 4 nitrogen and oxygen atoms in total. The first-order valence-electron chi connectivity index (χ1n) is 5.95. The van der Waals surface area contributed by atoms with Crippen LogP contribution >= 0.6 is 11.6 Å². The number of aromatic carboxylic acids is 1. The van der Waals surface area contributed by atoms with E-state index in [0.717, 1.165) is 5.56 Å². The molecule has 0 aliphatic carbocycles. The molecule has 20 heavy (non-hydrogen) atoms. The van der Waals surface area contributed by atoms with Crippen LogP contribution in [0, 0.1) is 0 Å². The van der Waals surface area contributed by atoms with Crippen LogP contribution in [0.5, 0.6) is 5.75 Å². The van der Waals surface area contributed by atoms with Crippen LogP contribution in [-0.2, 0) is 13.2 Å². The van der Waals surface area contributed by atoms with Crippen molar-refractivity contribution in [3.8, 4) is 5.75 Å². The maximum atomic E-state index is 10.7. The average Bonchev–Trinajstić information content (AvgIpc) is 2.46. The van der Waals surface area contributed by atoms with E-state index >= 15 is 0 Å². The standard InChI is InChI=1S/C15H13ClO4/c16-13-3-1-2-12(8-17)14(13)20-9-10-4-6-11(7-5-10)15(18)19/h1-7,17H,8-9H2,(H,18,19). The van der Waals surface area contributed by atoms with Gasteiger partial charge < -0.3 is 14.9 Å². The highest BCUT2D eigenvalue weighted by atomic mass is 35.5. The third kappa shape index (κ3) is 3.29. The van der Waals surface area contributed by atoms with Gasteiger partial charge in [-0.2, -0.15) is 0 Å². The van der Waals surface area contributed by atoms with E-state index in [-0.39, 0.29) is 18.8 Å². The summed E-state index contributed by atoms with van der Waals surface area (Å²) in [5.41, 5.74) is 1.65. The molecule has 2 aromatic rings. The Morgan fingerprint density at radius 2 is 1.85 bits per heavy atom. The van der Waals surface area contributed by atoms with Crippen LogP contribution in [0.25, 0.3) is 0 Å². The third-order valence-corrected chi connectivity index (χ3v) is 3.10. The smallest absolute Gasteiger partial charge is 0.335 e. The number of carbonyl (C=O) groups is 1. The van der Waals surface area contributed by atoms with Crippen molar-refractivity contribution < 1.29 is 19.7 Å². The van der Waals surface area contributed by atoms with E-state index in [4.69, 9.17) is 21.4 Å². The summed E-state index contributed by atoms with van der Waals surface area (Å²) in [4.78, 5) is 10.7. The molecule has 5 heteroatoms. The number of ether oxygens (including phenoxy) is 1. The zero-order valence-corrected chi connectivity index (χ0v) is 11.3. The minimum atomic E-state index is -0.967. The molecule has 0 amide bonds.